The van der Waals surface area contributed by atoms with Crippen LogP contribution in [0.25, 0.3) is 0 Å². The van der Waals surface area contributed by atoms with Crippen LogP contribution in [-0.2, 0) is 29.9 Å². The van der Waals surface area contributed by atoms with E-state index in [2.05, 4.69) is 0 Å². The number of aryl methyl sites for hydroxylation is 2. The lowest BCUT2D eigenvalue weighted by molar-refractivity contribution is -0.144. The Kier molecular flexibility index (Phi) is 13.2. The van der Waals surface area contributed by atoms with Crippen molar-refractivity contribution in [2.75, 3.05) is 13.2 Å². The Bertz CT molecular complexity index is 1240. The van der Waals surface area contributed by atoms with Crippen LogP contribution in [-0.4, -0.2) is 46.9 Å². The van der Waals surface area contributed by atoms with Gasteiger partial charge in [-0.05, 0) is 73.6 Å². The Balaban J connectivity index is 1.62. The number of phenols is 2. The van der Waals surface area contributed by atoms with Crippen molar-refractivity contribution in [3.8, 4) is 11.5 Å². The van der Waals surface area contributed by atoms with Gasteiger partial charge in [-0.25, -0.2) is 0 Å². The van der Waals surface area contributed by atoms with E-state index >= 15 is 0 Å². The first-order chi connectivity index (χ1) is 20.4. The first-order valence-corrected chi connectivity index (χ1v) is 15.5. The normalized spacial score (nSPS) is 11.7. The molecule has 44 heavy (non-hydrogen) atoms. The Morgan fingerprint density at radius 1 is 0.568 bits per heavy atom. The summed E-state index contributed by atoms with van der Waals surface area (Å²) < 4.78 is 10.5. The van der Waals surface area contributed by atoms with Gasteiger partial charge in [-0.3, -0.25) is 19.2 Å². The molecule has 0 aliphatic heterocycles. The lowest BCUT2D eigenvalue weighted by Gasteiger charge is -2.22. The van der Waals surface area contributed by atoms with Crippen LogP contribution in [0.3, 0.4) is 0 Å². The molecule has 0 bridgehead atoms. The van der Waals surface area contributed by atoms with Crippen LogP contribution in [0.4, 0.5) is 0 Å². The minimum absolute atomic E-state index is 0.0297. The molecule has 0 aromatic heterocycles. The maximum Gasteiger partial charge on any atom is 0.306 e. The fraction of sp³-hybridized carbons (Fsp3) is 0.556. The molecule has 8 nitrogen and oxygen atoms in total. The van der Waals surface area contributed by atoms with E-state index in [4.69, 9.17) is 9.47 Å². The largest absolute Gasteiger partial charge is 0.507 e. The van der Waals surface area contributed by atoms with Crippen LogP contribution >= 0.6 is 0 Å². The number of ketones is 2. The Morgan fingerprint density at radius 2 is 0.909 bits per heavy atom. The first-order valence-electron chi connectivity index (χ1n) is 15.5. The number of hydrogen-bond acceptors (Lipinski definition) is 8. The van der Waals surface area contributed by atoms with Crippen LogP contribution in [0.1, 0.15) is 136 Å². The van der Waals surface area contributed by atoms with Crippen molar-refractivity contribution in [1.29, 1.82) is 0 Å². The fourth-order valence-electron chi connectivity index (χ4n) is 4.90. The van der Waals surface area contributed by atoms with E-state index in [-0.39, 0.29) is 83.9 Å². The highest BCUT2D eigenvalue weighted by molar-refractivity contribution is 6.01. The minimum Gasteiger partial charge on any atom is -0.507 e. The van der Waals surface area contributed by atoms with Crippen molar-refractivity contribution in [2.24, 2.45) is 0 Å². The Morgan fingerprint density at radius 3 is 1.23 bits per heavy atom. The van der Waals surface area contributed by atoms with Gasteiger partial charge in [-0.15, -0.1) is 0 Å². The summed E-state index contributed by atoms with van der Waals surface area (Å²) in [6.45, 7) is 16.0. The SMILES string of the molecule is Cc1cc(C(=O)CCC(=O)OCCCCCCOC(=O)CCC(=O)c2cc(C)cc(C(C)(C)C)c2O)c(O)c(C(C)(C)C)c1. The number of unbranched alkanes of at least 4 members (excludes halogenated alkanes) is 3. The molecule has 0 amide bonds. The second-order valence-corrected chi connectivity index (χ2v) is 13.6. The molecule has 0 fully saturated rings. The minimum atomic E-state index is -0.460. The van der Waals surface area contributed by atoms with Gasteiger partial charge in [0.15, 0.2) is 11.6 Å². The van der Waals surface area contributed by atoms with Gasteiger partial charge in [0, 0.05) is 24.0 Å². The van der Waals surface area contributed by atoms with E-state index in [9.17, 15) is 29.4 Å². The monoisotopic (exact) mass is 610 g/mol. The summed E-state index contributed by atoms with van der Waals surface area (Å²) in [6, 6.07) is 7.04. The number of esters is 2. The molecule has 0 heterocycles. The van der Waals surface area contributed by atoms with Crippen molar-refractivity contribution in [3.05, 3.63) is 57.6 Å². The van der Waals surface area contributed by atoms with Gasteiger partial charge in [0.05, 0.1) is 37.2 Å². The van der Waals surface area contributed by atoms with Crippen LogP contribution < -0.4 is 0 Å². The summed E-state index contributed by atoms with van der Waals surface area (Å²) in [7, 11) is 0. The van der Waals surface area contributed by atoms with Crippen molar-refractivity contribution >= 4 is 23.5 Å². The predicted octanol–water partition coefficient (Wildman–Crippen LogP) is 7.58. The van der Waals surface area contributed by atoms with Crippen LogP contribution in [0.2, 0.25) is 0 Å². The number of carbonyl (C=O) groups is 4. The van der Waals surface area contributed by atoms with E-state index in [0.717, 1.165) is 24.0 Å². The second-order valence-electron chi connectivity index (χ2n) is 13.6. The maximum atomic E-state index is 12.7. The van der Waals surface area contributed by atoms with E-state index < -0.39 is 11.9 Å². The topological polar surface area (TPSA) is 127 Å². The van der Waals surface area contributed by atoms with Gasteiger partial charge in [-0.1, -0.05) is 53.7 Å². The molecule has 242 valence electrons. The first kappa shape index (κ1) is 36.5. The molecule has 0 atom stereocenters. The molecule has 0 unspecified atom stereocenters. The molecule has 0 aliphatic carbocycles. The number of benzene rings is 2. The van der Waals surface area contributed by atoms with E-state index in [1.807, 2.05) is 67.5 Å². The van der Waals surface area contributed by atoms with Crippen molar-refractivity contribution in [2.45, 2.75) is 118 Å². The molecular formula is C36H50O8. The third-order valence-electron chi connectivity index (χ3n) is 7.40. The molecule has 0 saturated carbocycles. The summed E-state index contributed by atoms with van der Waals surface area (Å²) in [5, 5.41) is 21.3. The number of phenolic OH excluding ortho intramolecular Hbond substituents is 2. The Labute approximate surface area is 262 Å². The van der Waals surface area contributed by atoms with E-state index in [1.54, 1.807) is 12.1 Å². The maximum absolute atomic E-state index is 12.7. The van der Waals surface area contributed by atoms with Crippen LogP contribution in [0.5, 0.6) is 11.5 Å². The number of ether oxygens (including phenoxy) is 2. The quantitative estimate of drug-likeness (QED) is 0.120. The smallest absolute Gasteiger partial charge is 0.306 e. The van der Waals surface area contributed by atoms with Gasteiger partial charge >= 0.3 is 11.9 Å². The number of rotatable bonds is 15. The van der Waals surface area contributed by atoms with Crippen LogP contribution in [0, 0.1) is 13.8 Å². The van der Waals surface area contributed by atoms with Gasteiger partial charge in [-0.2, -0.15) is 0 Å². The number of Topliss-reactive ketones (excluding diaryl/α,β-unsaturated/α-hetero) is 2. The lowest BCUT2D eigenvalue weighted by Crippen LogP contribution is -2.14. The van der Waals surface area contributed by atoms with Gasteiger partial charge in [0.2, 0.25) is 0 Å². The highest BCUT2D eigenvalue weighted by Crippen LogP contribution is 2.36. The molecule has 8 heteroatoms. The number of aromatic hydroxyl groups is 2. The average Bonchev–Trinajstić information content (AvgIpc) is 2.92. The van der Waals surface area contributed by atoms with Crippen molar-refractivity contribution < 1.29 is 38.9 Å². The number of carbonyl (C=O) groups excluding carboxylic acids is 4. The standard InChI is InChI=1S/C36H50O8/c1-23-19-25(33(41)27(21-23)35(3,4)5)29(37)13-15-31(39)43-17-11-9-10-12-18-44-32(40)16-14-30(38)26-20-24(2)22-28(34(26)42)36(6,7)8/h19-22,41-42H,9-18H2,1-8H3. The summed E-state index contributed by atoms with van der Waals surface area (Å²) in [5.74, 6) is -1.57. The van der Waals surface area contributed by atoms with E-state index in [0.29, 0.717) is 24.0 Å². The summed E-state index contributed by atoms with van der Waals surface area (Å²) in [4.78, 5) is 49.7. The van der Waals surface area contributed by atoms with Gasteiger partial charge in [0.25, 0.3) is 0 Å². The zero-order valence-corrected chi connectivity index (χ0v) is 27.7. The molecule has 2 rings (SSSR count). The van der Waals surface area contributed by atoms with Crippen LogP contribution in [0.15, 0.2) is 24.3 Å². The lowest BCUT2D eigenvalue weighted by atomic mass is 9.83. The molecule has 0 aliphatic rings. The predicted molar refractivity (Wildman–Crippen MR) is 171 cm³/mol. The summed E-state index contributed by atoms with van der Waals surface area (Å²) in [5.41, 5.74) is 2.96. The fourth-order valence-corrected chi connectivity index (χ4v) is 4.90. The molecule has 2 aromatic carbocycles. The Hall–Kier alpha value is -3.68. The molecule has 0 spiro atoms. The van der Waals surface area contributed by atoms with E-state index in [1.165, 1.54) is 0 Å². The molecule has 2 aromatic rings. The molecular weight excluding hydrogens is 560 g/mol. The van der Waals surface area contributed by atoms with Crippen molar-refractivity contribution in [3.63, 3.8) is 0 Å². The average molecular weight is 611 g/mol. The zero-order chi connectivity index (χ0) is 33.2. The highest BCUT2D eigenvalue weighted by atomic mass is 16.5. The zero-order valence-electron chi connectivity index (χ0n) is 27.7. The third-order valence-corrected chi connectivity index (χ3v) is 7.40. The molecule has 0 saturated heterocycles. The third kappa shape index (κ3) is 11.1. The summed E-state index contributed by atoms with van der Waals surface area (Å²) >= 11 is 0. The second kappa shape index (κ2) is 15.9. The highest BCUT2D eigenvalue weighted by Gasteiger charge is 2.25. The number of hydrogen-bond donors (Lipinski definition) is 2. The van der Waals surface area contributed by atoms with Gasteiger partial charge in [0.1, 0.15) is 11.5 Å². The molecule has 0 radical (unpaired) electrons. The summed E-state index contributed by atoms with van der Waals surface area (Å²) in [6.07, 6.45) is 2.64. The van der Waals surface area contributed by atoms with Crippen molar-refractivity contribution in [1.82, 2.24) is 0 Å². The van der Waals surface area contributed by atoms with Gasteiger partial charge < -0.3 is 19.7 Å². The molecule has 2 N–H and O–H groups in total.